The Bertz CT molecular complexity index is 633. The van der Waals surface area contributed by atoms with Crippen LogP contribution in [0.4, 0.5) is 0 Å². The molecule has 0 radical (unpaired) electrons. The highest BCUT2D eigenvalue weighted by atomic mass is 16.3. The second kappa shape index (κ2) is 5.43. The molecule has 2 heteroatoms. The molecule has 1 heterocycles. The van der Waals surface area contributed by atoms with Gasteiger partial charge >= 0.3 is 0 Å². The highest BCUT2D eigenvalue weighted by molar-refractivity contribution is 5.85. The zero-order valence-electron chi connectivity index (χ0n) is 13.2. The maximum Gasteiger partial charge on any atom is 0.0740 e. The van der Waals surface area contributed by atoms with Crippen LogP contribution < -0.4 is 0 Å². The largest absolute Gasteiger partial charge is 0.389 e. The van der Waals surface area contributed by atoms with Crippen LogP contribution in [-0.4, -0.2) is 35.2 Å². The van der Waals surface area contributed by atoms with Crippen molar-refractivity contribution in [3.05, 3.63) is 48.0 Å². The monoisotopic (exact) mass is 283 g/mol. The molecule has 1 fully saturated rings. The lowest BCUT2D eigenvalue weighted by molar-refractivity contribution is -0.0776. The van der Waals surface area contributed by atoms with Gasteiger partial charge in [-0.05, 0) is 42.6 Å². The van der Waals surface area contributed by atoms with E-state index < -0.39 is 5.60 Å². The van der Waals surface area contributed by atoms with Crippen molar-refractivity contribution in [2.45, 2.75) is 38.3 Å². The molecule has 1 aliphatic heterocycles. The number of aliphatic hydroxyl groups is 1. The van der Waals surface area contributed by atoms with E-state index in [9.17, 15) is 5.11 Å². The second-order valence-electron chi connectivity index (χ2n) is 6.81. The van der Waals surface area contributed by atoms with Gasteiger partial charge in [-0.3, -0.25) is 0 Å². The third-order valence-corrected chi connectivity index (χ3v) is 5.26. The normalized spacial score (nSPS) is 30.7. The smallest absolute Gasteiger partial charge is 0.0740 e. The van der Waals surface area contributed by atoms with E-state index in [-0.39, 0.29) is 5.92 Å². The van der Waals surface area contributed by atoms with Gasteiger partial charge in [0.05, 0.1) is 5.60 Å². The molecule has 0 spiro atoms. The third-order valence-electron chi connectivity index (χ3n) is 5.26. The summed E-state index contributed by atoms with van der Waals surface area (Å²) >= 11 is 0. The third kappa shape index (κ3) is 2.70. The predicted molar refractivity (Wildman–Crippen MR) is 88.5 cm³/mol. The van der Waals surface area contributed by atoms with Crippen molar-refractivity contribution in [2.75, 3.05) is 13.6 Å². The molecule has 2 nitrogen and oxygen atoms in total. The lowest BCUT2D eigenvalue weighted by Gasteiger charge is -2.46. The fourth-order valence-electron chi connectivity index (χ4n) is 3.67. The molecule has 2 aromatic carbocycles. The fourth-order valence-corrected chi connectivity index (χ4v) is 3.67. The number of hydrogen-bond acceptors (Lipinski definition) is 2. The van der Waals surface area contributed by atoms with Gasteiger partial charge in [-0.2, -0.15) is 0 Å². The average Bonchev–Trinajstić information content (AvgIpc) is 2.46. The van der Waals surface area contributed by atoms with Crippen LogP contribution in [0.25, 0.3) is 10.8 Å². The second-order valence-corrected chi connectivity index (χ2v) is 6.81. The van der Waals surface area contributed by atoms with E-state index in [0.717, 1.165) is 19.4 Å². The minimum absolute atomic E-state index is 0.290. The van der Waals surface area contributed by atoms with Crippen molar-refractivity contribution >= 4 is 10.8 Å². The van der Waals surface area contributed by atoms with Crippen LogP contribution >= 0.6 is 0 Å². The Morgan fingerprint density at radius 3 is 2.67 bits per heavy atom. The Morgan fingerprint density at radius 2 is 1.86 bits per heavy atom. The summed E-state index contributed by atoms with van der Waals surface area (Å²) in [5, 5.41) is 13.7. The van der Waals surface area contributed by atoms with E-state index in [4.69, 9.17) is 0 Å². The number of nitrogens with zero attached hydrogens (tertiary/aromatic N) is 1. The Morgan fingerprint density at radius 1 is 1.14 bits per heavy atom. The lowest BCUT2D eigenvalue weighted by Crippen LogP contribution is -2.54. The first-order valence-corrected chi connectivity index (χ1v) is 7.89. The summed E-state index contributed by atoms with van der Waals surface area (Å²) < 4.78 is 0. The van der Waals surface area contributed by atoms with Crippen molar-refractivity contribution in [1.29, 1.82) is 0 Å². The van der Waals surface area contributed by atoms with Gasteiger partial charge in [-0.1, -0.05) is 49.4 Å². The number of benzene rings is 2. The van der Waals surface area contributed by atoms with Crippen molar-refractivity contribution in [1.82, 2.24) is 4.90 Å². The maximum absolute atomic E-state index is 11.2. The molecular formula is C19H25NO. The van der Waals surface area contributed by atoms with Gasteiger partial charge in [0, 0.05) is 19.0 Å². The molecule has 0 amide bonds. The number of fused-ring (bicyclic) bond motifs is 1. The molecule has 2 aromatic rings. The van der Waals surface area contributed by atoms with Gasteiger partial charge in [0.25, 0.3) is 0 Å². The van der Waals surface area contributed by atoms with E-state index >= 15 is 0 Å². The van der Waals surface area contributed by atoms with Crippen LogP contribution in [0.2, 0.25) is 0 Å². The van der Waals surface area contributed by atoms with Crippen molar-refractivity contribution < 1.29 is 5.11 Å². The van der Waals surface area contributed by atoms with Crippen LogP contribution in [-0.2, 0) is 6.42 Å². The minimum atomic E-state index is -0.601. The van der Waals surface area contributed by atoms with E-state index in [2.05, 4.69) is 68.3 Å². The molecule has 112 valence electrons. The summed E-state index contributed by atoms with van der Waals surface area (Å²) in [4.78, 5) is 2.35. The molecule has 1 saturated heterocycles. The first-order valence-electron chi connectivity index (χ1n) is 7.89. The van der Waals surface area contributed by atoms with Gasteiger partial charge < -0.3 is 10.0 Å². The molecule has 1 aliphatic rings. The van der Waals surface area contributed by atoms with Crippen molar-refractivity contribution in [3.63, 3.8) is 0 Å². The molecule has 0 aliphatic carbocycles. The quantitative estimate of drug-likeness (QED) is 0.912. The van der Waals surface area contributed by atoms with Gasteiger partial charge in [-0.25, -0.2) is 0 Å². The zero-order chi connectivity index (χ0) is 15.0. The Balaban J connectivity index is 1.94. The summed E-state index contributed by atoms with van der Waals surface area (Å²) in [5.41, 5.74) is 0.662. The lowest BCUT2D eigenvalue weighted by atomic mass is 9.75. The van der Waals surface area contributed by atoms with Gasteiger partial charge in [0.1, 0.15) is 0 Å². The van der Waals surface area contributed by atoms with Crippen LogP contribution in [0.5, 0.6) is 0 Å². The minimum Gasteiger partial charge on any atom is -0.389 e. The van der Waals surface area contributed by atoms with E-state index in [1.165, 1.54) is 16.3 Å². The van der Waals surface area contributed by atoms with Gasteiger partial charge in [0.15, 0.2) is 0 Å². The molecule has 0 aromatic heterocycles. The van der Waals surface area contributed by atoms with Gasteiger partial charge in [0.2, 0.25) is 0 Å². The molecule has 3 rings (SSSR count). The van der Waals surface area contributed by atoms with Crippen LogP contribution in [0.3, 0.4) is 0 Å². The molecule has 0 saturated carbocycles. The van der Waals surface area contributed by atoms with E-state index in [1.54, 1.807) is 0 Å². The van der Waals surface area contributed by atoms with Crippen molar-refractivity contribution in [2.24, 2.45) is 5.92 Å². The molecule has 0 bridgehead atoms. The fraction of sp³-hybridized carbons (Fsp3) is 0.474. The Labute approximate surface area is 127 Å². The maximum atomic E-state index is 11.2. The first kappa shape index (κ1) is 14.6. The molecule has 21 heavy (non-hydrogen) atoms. The summed E-state index contributed by atoms with van der Waals surface area (Å²) in [7, 11) is 2.15. The zero-order valence-corrected chi connectivity index (χ0v) is 13.2. The van der Waals surface area contributed by atoms with Crippen LogP contribution in [0, 0.1) is 5.92 Å². The number of piperidine rings is 1. The van der Waals surface area contributed by atoms with E-state index in [1.807, 2.05) is 0 Å². The molecule has 0 unspecified atom stereocenters. The van der Waals surface area contributed by atoms with Crippen molar-refractivity contribution in [3.8, 4) is 0 Å². The average molecular weight is 283 g/mol. The summed E-state index contributed by atoms with van der Waals surface area (Å²) in [6.07, 6.45) is 1.58. The number of likely N-dealkylation sites (tertiary alicyclic amines) is 1. The summed E-state index contributed by atoms with van der Waals surface area (Å²) in [5.74, 6) is 0.290. The highest BCUT2D eigenvalue weighted by Crippen LogP contribution is 2.35. The highest BCUT2D eigenvalue weighted by Gasteiger charge is 2.41. The van der Waals surface area contributed by atoms with Gasteiger partial charge in [-0.15, -0.1) is 0 Å². The topological polar surface area (TPSA) is 23.5 Å². The molecular weight excluding hydrogens is 258 g/mol. The molecule has 1 N–H and O–H groups in total. The van der Waals surface area contributed by atoms with Crippen LogP contribution in [0.15, 0.2) is 42.5 Å². The predicted octanol–water partition coefficient (Wildman–Crippen LogP) is 3.47. The number of rotatable bonds is 2. The Hall–Kier alpha value is -1.38. The first-order chi connectivity index (χ1) is 9.99. The summed E-state index contributed by atoms with van der Waals surface area (Å²) in [6.45, 7) is 5.34. The number of hydrogen-bond donors (Lipinski definition) is 1. The Kier molecular flexibility index (Phi) is 3.76. The van der Waals surface area contributed by atoms with Crippen LogP contribution in [0.1, 0.15) is 25.8 Å². The SMILES string of the molecule is C[C@@H]1C[C@@](O)(Cc2cccc3ccccc23)[C@@H](C)CN1C. The van der Waals surface area contributed by atoms with E-state index in [0.29, 0.717) is 6.04 Å². The molecule has 3 atom stereocenters. The standard InChI is InChI=1S/C19H25NO/c1-14-13-20(3)15(2)11-19(14,21)12-17-9-6-8-16-7-4-5-10-18(16)17/h4-10,14-15,21H,11-13H2,1-3H3/t14-,15+,19+/m0/s1. The summed E-state index contributed by atoms with van der Waals surface area (Å²) in [6, 6.07) is 15.3.